The van der Waals surface area contributed by atoms with Crippen molar-refractivity contribution in [3.8, 4) is 22.3 Å². The van der Waals surface area contributed by atoms with Gasteiger partial charge in [-0.1, -0.05) is 158 Å². The lowest BCUT2D eigenvalue weighted by molar-refractivity contribution is 0.669. The average molecular weight is 652 g/mol. The molecule has 0 saturated heterocycles. The maximum absolute atomic E-state index is 6.71. The third kappa shape index (κ3) is 4.50. The Hall–Kier alpha value is -6.64. The molecule has 51 heavy (non-hydrogen) atoms. The second-order valence-electron chi connectivity index (χ2n) is 13.3. The van der Waals surface area contributed by atoms with Gasteiger partial charge >= 0.3 is 0 Å². The molecule has 10 rings (SSSR count). The Balaban J connectivity index is 1.16. The van der Waals surface area contributed by atoms with E-state index in [4.69, 9.17) is 4.42 Å². The fourth-order valence-corrected chi connectivity index (χ4v) is 8.35. The summed E-state index contributed by atoms with van der Waals surface area (Å²) >= 11 is 0. The SMILES string of the molecule is c1ccc(-c2ccc3oc4c(N(c5ccccc5)c5ccc(C6(c7ccccc7)c7ccccc7-c7ccccc76)cc5)cccc4c3c2)cc1. The van der Waals surface area contributed by atoms with Crippen LogP contribution in [0, 0.1) is 0 Å². The molecule has 0 atom stereocenters. The van der Waals surface area contributed by atoms with Crippen LogP contribution in [0.2, 0.25) is 0 Å². The van der Waals surface area contributed by atoms with E-state index in [1.165, 1.54) is 44.5 Å². The van der Waals surface area contributed by atoms with Gasteiger partial charge in [0.2, 0.25) is 0 Å². The molecule has 1 heterocycles. The number of furan rings is 1. The van der Waals surface area contributed by atoms with Crippen molar-refractivity contribution >= 4 is 39.0 Å². The van der Waals surface area contributed by atoms with Crippen LogP contribution in [0.25, 0.3) is 44.2 Å². The van der Waals surface area contributed by atoms with E-state index in [0.29, 0.717) is 0 Å². The molecule has 1 aliphatic rings. The molecule has 0 unspecified atom stereocenters. The lowest BCUT2D eigenvalue weighted by atomic mass is 9.68. The van der Waals surface area contributed by atoms with Crippen LogP contribution in [-0.2, 0) is 5.41 Å². The molecule has 0 aliphatic heterocycles. The predicted molar refractivity (Wildman–Crippen MR) is 211 cm³/mol. The van der Waals surface area contributed by atoms with Crippen molar-refractivity contribution in [2.45, 2.75) is 5.41 Å². The zero-order valence-electron chi connectivity index (χ0n) is 27.9. The van der Waals surface area contributed by atoms with Crippen LogP contribution in [0.3, 0.4) is 0 Å². The maximum Gasteiger partial charge on any atom is 0.159 e. The largest absolute Gasteiger partial charge is 0.454 e. The zero-order chi connectivity index (χ0) is 33.8. The molecule has 0 fully saturated rings. The van der Waals surface area contributed by atoms with Gasteiger partial charge in [0.15, 0.2) is 5.58 Å². The number of rotatable bonds is 6. The number of fused-ring (bicyclic) bond motifs is 6. The van der Waals surface area contributed by atoms with Gasteiger partial charge in [0, 0.05) is 22.1 Å². The first-order valence-electron chi connectivity index (χ1n) is 17.5. The smallest absolute Gasteiger partial charge is 0.159 e. The number of hydrogen-bond acceptors (Lipinski definition) is 2. The van der Waals surface area contributed by atoms with Crippen LogP contribution in [0.15, 0.2) is 205 Å². The van der Waals surface area contributed by atoms with Gasteiger partial charge in [0.1, 0.15) is 5.58 Å². The summed E-state index contributed by atoms with van der Waals surface area (Å²) in [6.07, 6.45) is 0. The average Bonchev–Trinajstić information content (AvgIpc) is 3.74. The summed E-state index contributed by atoms with van der Waals surface area (Å²) < 4.78 is 6.71. The van der Waals surface area contributed by atoms with E-state index in [0.717, 1.165) is 39.0 Å². The minimum absolute atomic E-state index is 0.445. The quantitative estimate of drug-likeness (QED) is 0.178. The second kappa shape index (κ2) is 11.8. The Kier molecular flexibility index (Phi) is 6.75. The highest BCUT2D eigenvalue weighted by molar-refractivity contribution is 6.11. The van der Waals surface area contributed by atoms with Crippen molar-refractivity contribution in [1.29, 1.82) is 0 Å². The highest BCUT2D eigenvalue weighted by Gasteiger charge is 2.45. The minimum Gasteiger partial charge on any atom is -0.454 e. The molecule has 0 amide bonds. The van der Waals surface area contributed by atoms with Crippen molar-refractivity contribution in [3.63, 3.8) is 0 Å². The van der Waals surface area contributed by atoms with Gasteiger partial charge in [-0.2, -0.15) is 0 Å². The maximum atomic E-state index is 6.71. The predicted octanol–water partition coefficient (Wildman–Crippen LogP) is 13.1. The van der Waals surface area contributed by atoms with Gasteiger partial charge in [0.05, 0.1) is 11.1 Å². The Morgan fingerprint density at radius 1 is 0.392 bits per heavy atom. The van der Waals surface area contributed by atoms with Crippen LogP contribution < -0.4 is 4.90 Å². The van der Waals surface area contributed by atoms with Gasteiger partial charge in [-0.05, 0) is 87.0 Å². The summed E-state index contributed by atoms with van der Waals surface area (Å²) in [5, 5.41) is 2.21. The lowest BCUT2D eigenvalue weighted by Crippen LogP contribution is -2.28. The molecule has 0 saturated carbocycles. The molecular formula is C49H33NO. The summed E-state index contributed by atoms with van der Waals surface area (Å²) in [5.41, 5.74) is 14.5. The van der Waals surface area contributed by atoms with E-state index in [1.807, 2.05) is 0 Å². The number of para-hydroxylation sites is 2. The molecular weight excluding hydrogens is 619 g/mol. The van der Waals surface area contributed by atoms with Crippen molar-refractivity contribution in [2.75, 3.05) is 4.90 Å². The van der Waals surface area contributed by atoms with E-state index in [1.54, 1.807) is 0 Å². The molecule has 9 aromatic rings. The Bertz CT molecular complexity index is 2630. The number of nitrogens with zero attached hydrogens (tertiary/aromatic N) is 1. The van der Waals surface area contributed by atoms with E-state index in [2.05, 4.69) is 205 Å². The third-order valence-electron chi connectivity index (χ3n) is 10.6. The third-order valence-corrected chi connectivity index (χ3v) is 10.6. The van der Waals surface area contributed by atoms with Crippen molar-refractivity contribution in [3.05, 3.63) is 222 Å². The van der Waals surface area contributed by atoms with Crippen LogP contribution >= 0.6 is 0 Å². The van der Waals surface area contributed by atoms with E-state index in [9.17, 15) is 0 Å². The van der Waals surface area contributed by atoms with Crippen LogP contribution in [0.1, 0.15) is 22.3 Å². The number of benzene rings is 8. The molecule has 2 heteroatoms. The fourth-order valence-electron chi connectivity index (χ4n) is 8.35. The molecule has 1 aromatic heterocycles. The normalized spacial score (nSPS) is 12.9. The first-order valence-corrected chi connectivity index (χ1v) is 17.5. The lowest BCUT2D eigenvalue weighted by Gasteiger charge is -2.34. The number of hydrogen-bond donors (Lipinski definition) is 0. The fraction of sp³-hybridized carbons (Fsp3) is 0.0204. The Morgan fingerprint density at radius 3 is 1.65 bits per heavy atom. The highest BCUT2D eigenvalue weighted by atomic mass is 16.3. The van der Waals surface area contributed by atoms with E-state index in [-0.39, 0.29) is 0 Å². The Labute approximate surface area is 297 Å². The van der Waals surface area contributed by atoms with Gasteiger partial charge in [0.25, 0.3) is 0 Å². The number of anilines is 3. The summed E-state index contributed by atoms with van der Waals surface area (Å²) in [6, 6.07) is 72.0. The molecule has 240 valence electrons. The van der Waals surface area contributed by atoms with Gasteiger partial charge < -0.3 is 9.32 Å². The first-order chi connectivity index (χ1) is 25.3. The summed E-state index contributed by atoms with van der Waals surface area (Å²) in [5.74, 6) is 0. The molecule has 2 nitrogen and oxygen atoms in total. The standard InChI is InChI=1S/C49H33NO/c1-4-15-34(16-5-1)35-27-32-47-43(33-35)42-23-14-26-46(48(42)51-47)50(38-19-8-3-9-20-38)39-30-28-37(29-31-39)49(36-17-6-2-7-18-36)44-24-12-10-21-40(44)41-22-11-13-25-45(41)49/h1-33H. The molecule has 1 aliphatic carbocycles. The van der Waals surface area contributed by atoms with Gasteiger partial charge in [-0.25, -0.2) is 0 Å². The summed E-state index contributed by atoms with van der Waals surface area (Å²) in [7, 11) is 0. The van der Waals surface area contributed by atoms with Gasteiger partial charge in [-0.3, -0.25) is 0 Å². The second-order valence-corrected chi connectivity index (χ2v) is 13.3. The minimum atomic E-state index is -0.445. The summed E-state index contributed by atoms with van der Waals surface area (Å²) in [4.78, 5) is 2.32. The first kappa shape index (κ1) is 29.3. The van der Waals surface area contributed by atoms with Crippen LogP contribution in [0.5, 0.6) is 0 Å². The molecule has 8 aromatic carbocycles. The summed E-state index contributed by atoms with van der Waals surface area (Å²) in [6.45, 7) is 0. The van der Waals surface area contributed by atoms with E-state index < -0.39 is 5.41 Å². The zero-order valence-corrected chi connectivity index (χ0v) is 27.9. The molecule has 0 spiro atoms. The van der Waals surface area contributed by atoms with E-state index >= 15 is 0 Å². The van der Waals surface area contributed by atoms with Crippen LogP contribution in [-0.4, -0.2) is 0 Å². The van der Waals surface area contributed by atoms with Gasteiger partial charge in [-0.15, -0.1) is 0 Å². The topological polar surface area (TPSA) is 16.4 Å². The Morgan fingerprint density at radius 2 is 0.961 bits per heavy atom. The molecule has 0 radical (unpaired) electrons. The monoisotopic (exact) mass is 651 g/mol. The molecule has 0 bridgehead atoms. The highest BCUT2D eigenvalue weighted by Crippen LogP contribution is 2.56. The van der Waals surface area contributed by atoms with Crippen molar-refractivity contribution in [1.82, 2.24) is 0 Å². The molecule has 0 N–H and O–H groups in total. The van der Waals surface area contributed by atoms with Crippen molar-refractivity contribution < 1.29 is 4.42 Å². The van der Waals surface area contributed by atoms with Crippen LogP contribution in [0.4, 0.5) is 17.1 Å². The van der Waals surface area contributed by atoms with Crippen molar-refractivity contribution in [2.24, 2.45) is 0 Å².